The summed E-state index contributed by atoms with van der Waals surface area (Å²) in [6.45, 7) is 16.0. The Balaban J connectivity index is 3.20. The number of nitrogens with zero attached hydrogens (tertiary/aromatic N) is 1. The molecule has 1 heterocycles. The second-order valence-corrected chi connectivity index (χ2v) is 14.7. The van der Waals surface area contributed by atoms with Crippen molar-refractivity contribution in [2.45, 2.75) is 98.8 Å². The van der Waals surface area contributed by atoms with Gasteiger partial charge < -0.3 is 23.0 Å². The van der Waals surface area contributed by atoms with Gasteiger partial charge in [-0.1, -0.05) is 34.9 Å². The van der Waals surface area contributed by atoms with Crippen LogP contribution in [0.5, 0.6) is 0 Å². The maximum absolute atomic E-state index is 14.2. The van der Waals surface area contributed by atoms with Gasteiger partial charge in [-0.05, 0) is 93.9 Å². The van der Waals surface area contributed by atoms with Crippen molar-refractivity contribution in [2.24, 2.45) is 0 Å². The first-order valence-electron chi connectivity index (χ1n) is 14.0. The van der Waals surface area contributed by atoms with E-state index >= 15 is 0 Å². The van der Waals surface area contributed by atoms with E-state index in [1.165, 1.54) is 11.1 Å². The summed E-state index contributed by atoms with van der Waals surface area (Å²) in [7, 11) is -8.46. The minimum atomic E-state index is -4.23. The third kappa shape index (κ3) is 9.01. The van der Waals surface area contributed by atoms with Crippen molar-refractivity contribution in [3.8, 4) is 0 Å². The molecule has 0 unspecified atom stereocenters. The van der Waals surface area contributed by atoms with E-state index in [0.717, 1.165) is 31.3 Å². The van der Waals surface area contributed by atoms with Crippen molar-refractivity contribution in [3.63, 3.8) is 0 Å². The molecule has 38 heavy (non-hydrogen) atoms. The predicted octanol–water partition coefficient (Wildman–Crippen LogP) is 8.26. The van der Waals surface area contributed by atoms with Crippen molar-refractivity contribution < 1.29 is 32.0 Å². The average Bonchev–Trinajstić information content (AvgIpc) is 2.83. The minimum absolute atomic E-state index is 0.0326. The average molecular weight is 576 g/mol. The fourth-order valence-electron chi connectivity index (χ4n) is 4.60. The maximum Gasteiger partial charge on any atom is 0.358 e. The molecular weight excluding hydrogens is 524 g/mol. The smallest absolute Gasteiger partial charge is 0.337 e. The molecule has 0 aromatic carbocycles. The minimum Gasteiger partial charge on any atom is -0.337 e. The number of hydrogen-bond donors (Lipinski definition) is 0. The highest BCUT2D eigenvalue weighted by molar-refractivity contribution is 7.76. The molecule has 1 saturated heterocycles. The van der Waals surface area contributed by atoms with Crippen LogP contribution in [0, 0.1) is 0 Å². The zero-order chi connectivity index (χ0) is 28.8. The van der Waals surface area contributed by atoms with Crippen LogP contribution in [0.2, 0.25) is 0 Å². The van der Waals surface area contributed by atoms with Crippen LogP contribution in [0.25, 0.3) is 0 Å². The normalized spacial score (nSPS) is 17.2. The molecule has 0 atom stereocenters. The molecule has 1 amide bonds. The summed E-state index contributed by atoms with van der Waals surface area (Å²) in [6.07, 6.45) is 11.0. The number of rotatable bonds is 18. The first-order valence-corrected chi connectivity index (χ1v) is 17.1. The molecule has 8 nitrogen and oxygen atoms in total. The lowest BCUT2D eigenvalue weighted by atomic mass is 10.1. The molecule has 220 valence electrons. The van der Waals surface area contributed by atoms with Gasteiger partial charge in [-0.3, -0.25) is 13.9 Å². The van der Waals surface area contributed by atoms with Crippen LogP contribution in [-0.2, 0) is 32.0 Å². The third-order valence-electron chi connectivity index (χ3n) is 6.47. The van der Waals surface area contributed by atoms with Crippen molar-refractivity contribution in [1.82, 2.24) is 4.90 Å². The number of hydrogen-bond acceptors (Lipinski definition) is 7. The Hall–Kier alpha value is -1.01. The number of likely N-dealkylation sites (tertiary alicyclic amines) is 1. The van der Waals surface area contributed by atoms with Gasteiger partial charge in [0.15, 0.2) is 0 Å². The Morgan fingerprint density at radius 1 is 0.789 bits per heavy atom. The van der Waals surface area contributed by atoms with Gasteiger partial charge in [-0.15, -0.1) is 0 Å². The van der Waals surface area contributed by atoms with Crippen molar-refractivity contribution >= 4 is 21.1 Å². The highest BCUT2D eigenvalue weighted by Gasteiger charge is 2.71. The molecule has 0 N–H and O–H groups in total. The van der Waals surface area contributed by atoms with Crippen LogP contribution in [0.3, 0.4) is 0 Å². The summed E-state index contributed by atoms with van der Waals surface area (Å²) in [5.41, 5.74) is 3.86. The molecule has 1 aliphatic heterocycles. The Labute approximate surface area is 231 Å². The third-order valence-corrected chi connectivity index (χ3v) is 13.0. The van der Waals surface area contributed by atoms with E-state index in [4.69, 9.17) is 18.1 Å². The lowest BCUT2D eigenvalue weighted by Gasteiger charge is -2.46. The Morgan fingerprint density at radius 2 is 1.24 bits per heavy atom. The SMILES string of the molecule is CCOP(=O)(OCC)C1(P(=O)(OCC)OCC)CCCN(C/C=C(\C)CC/C=C(\C)CCC=C(C)C)C1=O. The highest BCUT2D eigenvalue weighted by Crippen LogP contribution is 2.80. The molecule has 0 spiro atoms. The van der Waals surface area contributed by atoms with Gasteiger partial charge in [-0.25, -0.2) is 0 Å². The molecule has 0 radical (unpaired) electrons. The molecule has 0 bridgehead atoms. The molecule has 1 rings (SSSR count). The molecular formula is C28H51NO7P2. The van der Waals surface area contributed by atoms with Gasteiger partial charge in [0.25, 0.3) is 10.8 Å². The summed E-state index contributed by atoms with van der Waals surface area (Å²) in [4.78, 5) is 13.7. The first-order chi connectivity index (χ1) is 18.0. The van der Waals surface area contributed by atoms with Crippen molar-refractivity contribution in [1.29, 1.82) is 0 Å². The molecule has 0 aromatic rings. The van der Waals surface area contributed by atoms with Gasteiger partial charge in [-0.2, -0.15) is 0 Å². The van der Waals surface area contributed by atoms with E-state index in [1.807, 2.05) is 13.0 Å². The largest absolute Gasteiger partial charge is 0.358 e. The number of carbonyl (C=O) groups is 1. The molecule has 0 saturated carbocycles. The fourth-order valence-corrected chi connectivity index (χ4v) is 10.5. The number of amides is 1. The van der Waals surface area contributed by atoms with E-state index in [0.29, 0.717) is 19.5 Å². The van der Waals surface area contributed by atoms with Gasteiger partial charge >= 0.3 is 15.2 Å². The van der Waals surface area contributed by atoms with Crippen LogP contribution in [0.1, 0.15) is 93.9 Å². The Kier molecular flexibility index (Phi) is 15.6. The summed E-state index contributed by atoms with van der Waals surface area (Å²) in [5, 5.41) is 0. The van der Waals surface area contributed by atoms with E-state index in [1.54, 1.807) is 32.6 Å². The number of carbonyl (C=O) groups excluding carboxylic acids is 1. The Bertz CT molecular complexity index is 887. The fraction of sp³-hybridized carbons (Fsp3) is 0.750. The standard InChI is InChI=1S/C28H51NO7P2/c1-9-33-37(31,34-10-2)28(38(32,35-11-3)36-12-4)21-15-22-29(27(28)30)23-20-26(8)19-14-18-25(7)17-13-16-24(5)6/h16,18,20H,9-15,17,19,21-23H2,1-8H3/b25-18+,26-20+. The van der Waals surface area contributed by atoms with Crippen LogP contribution in [0.4, 0.5) is 0 Å². The molecule has 0 aliphatic carbocycles. The lowest BCUT2D eigenvalue weighted by Crippen LogP contribution is -2.54. The van der Waals surface area contributed by atoms with Gasteiger partial charge in [0.05, 0.1) is 26.4 Å². The predicted molar refractivity (Wildman–Crippen MR) is 156 cm³/mol. The molecule has 1 aliphatic rings. The van der Waals surface area contributed by atoms with Crippen LogP contribution in [0.15, 0.2) is 34.9 Å². The second kappa shape index (κ2) is 16.9. The van der Waals surface area contributed by atoms with E-state index < -0.39 is 26.0 Å². The van der Waals surface area contributed by atoms with Crippen molar-refractivity contribution in [3.05, 3.63) is 34.9 Å². The monoisotopic (exact) mass is 575 g/mol. The zero-order valence-corrected chi connectivity index (χ0v) is 26.7. The summed E-state index contributed by atoms with van der Waals surface area (Å²) in [5.74, 6) is -0.557. The van der Waals surface area contributed by atoms with Crippen LogP contribution in [-0.4, -0.2) is 55.2 Å². The summed E-state index contributed by atoms with van der Waals surface area (Å²) >= 11 is 0. The number of allylic oxidation sites excluding steroid dienone is 5. The molecule has 0 aromatic heterocycles. The first kappa shape index (κ1) is 35.0. The zero-order valence-electron chi connectivity index (χ0n) is 24.9. The summed E-state index contributed by atoms with van der Waals surface area (Å²) < 4.78 is 51.1. The van der Waals surface area contributed by atoms with Gasteiger partial charge in [0.2, 0.25) is 0 Å². The summed E-state index contributed by atoms with van der Waals surface area (Å²) in [6, 6.07) is 0. The second-order valence-electron chi connectivity index (χ2n) is 9.80. The van der Waals surface area contributed by atoms with E-state index in [-0.39, 0.29) is 32.8 Å². The number of piperidine rings is 1. The molecule has 10 heteroatoms. The van der Waals surface area contributed by atoms with E-state index in [2.05, 4.69) is 32.9 Å². The maximum atomic E-state index is 14.2. The van der Waals surface area contributed by atoms with Gasteiger partial charge in [0.1, 0.15) is 0 Å². The topological polar surface area (TPSA) is 91.4 Å². The van der Waals surface area contributed by atoms with Crippen LogP contribution >= 0.6 is 15.2 Å². The highest BCUT2D eigenvalue weighted by atomic mass is 31.2. The quantitative estimate of drug-likeness (QED) is 0.120. The van der Waals surface area contributed by atoms with Gasteiger partial charge in [0, 0.05) is 13.1 Å². The van der Waals surface area contributed by atoms with Crippen molar-refractivity contribution in [2.75, 3.05) is 39.5 Å². The van der Waals surface area contributed by atoms with Crippen LogP contribution < -0.4 is 0 Å². The Morgan fingerprint density at radius 3 is 1.68 bits per heavy atom. The lowest BCUT2D eigenvalue weighted by molar-refractivity contribution is -0.134. The molecule has 1 fully saturated rings. The van der Waals surface area contributed by atoms with E-state index in [9.17, 15) is 13.9 Å².